The maximum absolute atomic E-state index is 5.93. The van der Waals surface area contributed by atoms with E-state index in [1.807, 2.05) is 6.07 Å². The molecule has 0 fully saturated rings. The molecule has 104 valence electrons. The molecule has 3 rings (SSSR count). The van der Waals surface area contributed by atoms with E-state index in [9.17, 15) is 0 Å². The number of ether oxygens (including phenoxy) is 2. The molecule has 0 bridgehead atoms. The molecule has 1 aromatic heterocycles. The fraction of sp³-hybridized carbons (Fsp3) is 0.333. The number of fused-ring (bicyclic) bond motifs is 1. The maximum Gasteiger partial charge on any atom is 0.233 e. The molecule has 0 unspecified atom stereocenters. The van der Waals surface area contributed by atoms with Crippen LogP contribution in [0.4, 0.5) is 0 Å². The predicted octanol–water partition coefficient (Wildman–Crippen LogP) is 1.72. The molecule has 2 heterocycles. The van der Waals surface area contributed by atoms with Crippen LogP contribution in [0.3, 0.4) is 0 Å². The molecule has 2 N–H and O–H groups in total. The van der Waals surface area contributed by atoms with E-state index in [4.69, 9.17) is 15.2 Å². The average Bonchev–Trinajstić information content (AvgIpc) is 2.89. The molecule has 1 atom stereocenters. The third kappa shape index (κ3) is 2.20. The van der Waals surface area contributed by atoms with Gasteiger partial charge in [-0.05, 0) is 30.2 Å². The second kappa shape index (κ2) is 5.09. The normalized spacial score (nSPS) is 16.6. The molecule has 5 nitrogen and oxygen atoms in total. The minimum atomic E-state index is 0.0526. The fourth-order valence-electron chi connectivity index (χ4n) is 2.49. The summed E-state index contributed by atoms with van der Waals surface area (Å²) in [6.45, 7) is 2.58. The van der Waals surface area contributed by atoms with E-state index in [1.54, 1.807) is 13.2 Å². The number of aryl methyl sites for hydroxylation is 1. The number of methoxy groups -OCH3 is 1. The standard InChI is InChI=1S/C15H17N3O2/c1-9-5-10-7-11(8-16)20-15(10)12(6-9)13-3-4-14(19-2)18-17-13/h3-6,11H,7-8,16H2,1-2H3/t11-/m1/s1. The van der Waals surface area contributed by atoms with Gasteiger partial charge in [0.25, 0.3) is 0 Å². The first-order valence-corrected chi connectivity index (χ1v) is 6.59. The van der Waals surface area contributed by atoms with Gasteiger partial charge in [-0.25, -0.2) is 0 Å². The van der Waals surface area contributed by atoms with Crippen molar-refractivity contribution < 1.29 is 9.47 Å². The summed E-state index contributed by atoms with van der Waals surface area (Å²) in [5, 5.41) is 8.22. The Balaban J connectivity index is 2.05. The second-order valence-electron chi connectivity index (χ2n) is 4.94. The summed E-state index contributed by atoms with van der Waals surface area (Å²) in [5.74, 6) is 1.38. The molecule has 0 saturated heterocycles. The molecule has 1 aromatic carbocycles. The summed E-state index contributed by atoms with van der Waals surface area (Å²) in [5.41, 5.74) is 9.82. The molecule has 0 spiro atoms. The molecule has 0 saturated carbocycles. The Hall–Kier alpha value is -2.14. The van der Waals surface area contributed by atoms with E-state index in [0.717, 1.165) is 23.4 Å². The first-order chi connectivity index (χ1) is 9.71. The number of nitrogens with zero attached hydrogens (tertiary/aromatic N) is 2. The number of hydrogen-bond acceptors (Lipinski definition) is 5. The third-order valence-electron chi connectivity index (χ3n) is 3.43. The molecule has 0 aliphatic carbocycles. The highest BCUT2D eigenvalue weighted by atomic mass is 16.5. The van der Waals surface area contributed by atoms with Gasteiger partial charge in [0, 0.05) is 24.6 Å². The Morgan fingerprint density at radius 3 is 2.85 bits per heavy atom. The summed E-state index contributed by atoms with van der Waals surface area (Å²) in [7, 11) is 1.57. The lowest BCUT2D eigenvalue weighted by atomic mass is 10.0. The van der Waals surface area contributed by atoms with Gasteiger partial charge in [0.05, 0.1) is 12.8 Å². The lowest BCUT2D eigenvalue weighted by molar-refractivity contribution is 0.242. The summed E-state index contributed by atoms with van der Waals surface area (Å²) in [6.07, 6.45) is 0.904. The minimum absolute atomic E-state index is 0.0526. The van der Waals surface area contributed by atoms with Crippen LogP contribution in [0.5, 0.6) is 11.6 Å². The van der Waals surface area contributed by atoms with Crippen LogP contribution in [-0.2, 0) is 6.42 Å². The highest BCUT2D eigenvalue weighted by Crippen LogP contribution is 2.39. The molecular formula is C15H17N3O2. The van der Waals surface area contributed by atoms with Crippen LogP contribution in [0.25, 0.3) is 11.3 Å². The van der Waals surface area contributed by atoms with E-state index in [-0.39, 0.29) is 6.10 Å². The van der Waals surface area contributed by atoms with E-state index in [0.29, 0.717) is 12.4 Å². The van der Waals surface area contributed by atoms with Crippen molar-refractivity contribution >= 4 is 0 Å². The molecule has 1 aliphatic rings. The zero-order chi connectivity index (χ0) is 14.1. The van der Waals surface area contributed by atoms with Crippen LogP contribution < -0.4 is 15.2 Å². The molecule has 20 heavy (non-hydrogen) atoms. The van der Waals surface area contributed by atoms with Crippen LogP contribution in [0, 0.1) is 6.92 Å². The van der Waals surface area contributed by atoms with Crippen molar-refractivity contribution in [2.24, 2.45) is 5.73 Å². The van der Waals surface area contributed by atoms with Crippen LogP contribution in [0.1, 0.15) is 11.1 Å². The fourth-order valence-corrected chi connectivity index (χ4v) is 2.49. The summed E-state index contributed by atoms with van der Waals surface area (Å²) < 4.78 is 11.0. The van der Waals surface area contributed by atoms with Gasteiger partial charge in [-0.15, -0.1) is 10.2 Å². The van der Waals surface area contributed by atoms with Crippen molar-refractivity contribution in [2.75, 3.05) is 13.7 Å². The van der Waals surface area contributed by atoms with Crippen molar-refractivity contribution in [3.63, 3.8) is 0 Å². The first-order valence-electron chi connectivity index (χ1n) is 6.59. The van der Waals surface area contributed by atoms with E-state index >= 15 is 0 Å². The Morgan fingerprint density at radius 1 is 1.35 bits per heavy atom. The zero-order valence-electron chi connectivity index (χ0n) is 11.6. The van der Waals surface area contributed by atoms with Crippen LogP contribution >= 0.6 is 0 Å². The number of aromatic nitrogens is 2. The van der Waals surface area contributed by atoms with Crippen molar-refractivity contribution in [3.05, 3.63) is 35.4 Å². The smallest absolute Gasteiger partial charge is 0.233 e. The highest BCUT2D eigenvalue weighted by molar-refractivity contribution is 5.71. The summed E-state index contributed by atoms with van der Waals surface area (Å²) in [4.78, 5) is 0. The Morgan fingerprint density at radius 2 is 2.20 bits per heavy atom. The van der Waals surface area contributed by atoms with Gasteiger partial charge in [0.2, 0.25) is 5.88 Å². The van der Waals surface area contributed by atoms with Gasteiger partial charge in [0.15, 0.2) is 0 Å². The lowest BCUT2D eigenvalue weighted by Gasteiger charge is -2.11. The second-order valence-corrected chi connectivity index (χ2v) is 4.94. The zero-order valence-corrected chi connectivity index (χ0v) is 11.6. The Kier molecular flexibility index (Phi) is 3.28. The monoisotopic (exact) mass is 271 g/mol. The van der Waals surface area contributed by atoms with Gasteiger partial charge in [-0.3, -0.25) is 0 Å². The van der Waals surface area contributed by atoms with Gasteiger partial charge in [-0.1, -0.05) is 6.07 Å². The van der Waals surface area contributed by atoms with Crippen molar-refractivity contribution in [3.8, 4) is 22.9 Å². The maximum atomic E-state index is 5.93. The number of nitrogens with two attached hydrogens (primary N) is 1. The molecular weight excluding hydrogens is 254 g/mol. The van der Waals surface area contributed by atoms with E-state index in [1.165, 1.54) is 11.1 Å². The van der Waals surface area contributed by atoms with Crippen LogP contribution in [0.15, 0.2) is 24.3 Å². The number of benzene rings is 1. The van der Waals surface area contributed by atoms with Gasteiger partial charge >= 0.3 is 0 Å². The van der Waals surface area contributed by atoms with E-state index < -0.39 is 0 Å². The molecule has 1 aliphatic heterocycles. The largest absolute Gasteiger partial charge is 0.488 e. The van der Waals surface area contributed by atoms with Gasteiger partial charge < -0.3 is 15.2 Å². The van der Waals surface area contributed by atoms with Crippen molar-refractivity contribution in [1.82, 2.24) is 10.2 Å². The van der Waals surface area contributed by atoms with Gasteiger partial charge in [0.1, 0.15) is 11.9 Å². The predicted molar refractivity (Wildman–Crippen MR) is 75.9 cm³/mol. The first kappa shape index (κ1) is 12.9. The molecule has 5 heteroatoms. The summed E-state index contributed by atoms with van der Waals surface area (Å²) in [6, 6.07) is 7.89. The molecule has 0 amide bonds. The summed E-state index contributed by atoms with van der Waals surface area (Å²) >= 11 is 0. The highest BCUT2D eigenvalue weighted by Gasteiger charge is 2.25. The average molecular weight is 271 g/mol. The van der Waals surface area contributed by atoms with Gasteiger partial charge in [-0.2, -0.15) is 0 Å². The lowest BCUT2D eigenvalue weighted by Crippen LogP contribution is -2.24. The minimum Gasteiger partial charge on any atom is -0.488 e. The topological polar surface area (TPSA) is 70.3 Å². The Labute approximate surface area is 117 Å². The van der Waals surface area contributed by atoms with Crippen LogP contribution in [0.2, 0.25) is 0 Å². The van der Waals surface area contributed by atoms with Crippen molar-refractivity contribution in [1.29, 1.82) is 0 Å². The molecule has 2 aromatic rings. The number of rotatable bonds is 3. The SMILES string of the molecule is COc1ccc(-c2cc(C)cc3c2O[C@@H](CN)C3)nn1. The number of hydrogen-bond donors (Lipinski definition) is 1. The quantitative estimate of drug-likeness (QED) is 0.920. The van der Waals surface area contributed by atoms with Crippen molar-refractivity contribution in [2.45, 2.75) is 19.4 Å². The van der Waals surface area contributed by atoms with Crippen LogP contribution in [-0.4, -0.2) is 30.0 Å². The van der Waals surface area contributed by atoms with E-state index in [2.05, 4.69) is 29.3 Å². The molecule has 0 radical (unpaired) electrons. The Bertz CT molecular complexity index is 626. The third-order valence-corrected chi connectivity index (χ3v) is 3.43.